The average Bonchev–Trinajstić information content (AvgIpc) is 2.98. The van der Waals surface area contributed by atoms with Gasteiger partial charge in [0.15, 0.2) is 0 Å². The van der Waals surface area contributed by atoms with Crippen LogP contribution in [-0.4, -0.2) is 53.9 Å². The third kappa shape index (κ3) is 3.81. The summed E-state index contributed by atoms with van der Waals surface area (Å²) < 4.78 is 4.55. The molecule has 0 saturated carbocycles. The molecule has 7 heteroatoms. The summed E-state index contributed by atoms with van der Waals surface area (Å²) in [6.07, 6.45) is 2.02. The number of carbonyl (C=O) groups excluding carboxylic acids is 3. The number of likely N-dealkylation sites (tertiary alicyclic amines) is 1. The van der Waals surface area contributed by atoms with Crippen LogP contribution in [0.25, 0.3) is 0 Å². The lowest BCUT2D eigenvalue weighted by Crippen LogP contribution is -2.47. The van der Waals surface area contributed by atoms with E-state index in [4.69, 9.17) is 5.26 Å². The molecule has 0 aromatic heterocycles. The second-order valence-electron chi connectivity index (χ2n) is 4.71. The highest BCUT2D eigenvalue weighted by atomic mass is 16.5. The molecule has 21 heavy (non-hydrogen) atoms. The van der Waals surface area contributed by atoms with Crippen LogP contribution in [0, 0.1) is 11.3 Å². The molecule has 0 aliphatic carbocycles. The number of hydrogen-bond acceptors (Lipinski definition) is 5. The second kappa shape index (κ2) is 7.43. The van der Waals surface area contributed by atoms with Crippen LogP contribution in [0.3, 0.4) is 0 Å². The van der Waals surface area contributed by atoms with Crippen molar-refractivity contribution in [2.75, 3.05) is 20.2 Å². The lowest BCUT2D eigenvalue weighted by molar-refractivity contribution is -0.137. The fourth-order valence-electron chi connectivity index (χ4n) is 2.09. The van der Waals surface area contributed by atoms with Crippen LogP contribution in [0.4, 0.5) is 4.79 Å². The van der Waals surface area contributed by atoms with Crippen molar-refractivity contribution in [3.63, 3.8) is 0 Å². The van der Waals surface area contributed by atoms with Crippen molar-refractivity contribution in [2.24, 2.45) is 0 Å². The van der Waals surface area contributed by atoms with E-state index in [1.807, 2.05) is 6.07 Å². The molecule has 0 radical (unpaired) electrons. The molecule has 1 fully saturated rings. The number of rotatable bonds is 3. The quantitative estimate of drug-likeness (QED) is 0.726. The number of nitrogens with zero attached hydrogens (tertiary/aromatic N) is 3. The Kier molecular flexibility index (Phi) is 5.91. The molecule has 7 nitrogen and oxygen atoms in total. The van der Waals surface area contributed by atoms with Gasteiger partial charge in [-0.25, -0.2) is 9.69 Å². The summed E-state index contributed by atoms with van der Waals surface area (Å²) in [5.74, 6) is -1.01. The molecule has 0 N–H and O–H groups in total. The maximum absolute atomic E-state index is 12.2. The van der Waals surface area contributed by atoms with E-state index in [2.05, 4.69) is 4.74 Å². The Hall–Kier alpha value is -2.36. The summed E-state index contributed by atoms with van der Waals surface area (Å²) in [6.45, 7) is 3.26. The Bertz CT molecular complexity index is 507. The van der Waals surface area contributed by atoms with E-state index in [1.54, 1.807) is 19.9 Å². The monoisotopic (exact) mass is 293 g/mol. The molecule has 0 unspecified atom stereocenters. The fourth-order valence-corrected chi connectivity index (χ4v) is 2.09. The van der Waals surface area contributed by atoms with Crippen LogP contribution in [0.1, 0.15) is 26.7 Å². The highest BCUT2D eigenvalue weighted by Gasteiger charge is 2.33. The van der Waals surface area contributed by atoms with E-state index in [0.717, 1.165) is 18.4 Å². The van der Waals surface area contributed by atoms with E-state index in [-0.39, 0.29) is 0 Å². The second-order valence-corrected chi connectivity index (χ2v) is 4.71. The predicted molar refractivity (Wildman–Crippen MR) is 73.9 cm³/mol. The number of nitriles is 1. The van der Waals surface area contributed by atoms with Gasteiger partial charge in [-0.3, -0.25) is 9.59 Å². The molecule has 1 heterocycles. The number of ether oxygens (including phenoxy) is 1. The van der Waals surface area contributed by atoms with E-state index < -0.39 is 30.5 Å². The average molecular weight is 293 g/mol. The first-order chi connectivity index (χ1) is 9.96. The van der Waals surface area contributed by atoms with Crippen molar-refractivity contribution in [2.45, 2.75) is 32.7 Å². The third-order valence-electron chi connectivity index (χ3n) is 3.43. The molecular formula is C14H19N3O4. The Labute approximate surface area is 123 Å². The van der Waals surface area contributed by atoms with Crippen LogP contribution in [0.15, 0.2) is 11.6 Å². The summed E-state index contributed by atoms with van der Waals surface area (Å²) in [6, 6.07) is 1.56. The van der Waals surface area contributed by atoms with E-state index in [9.17, 15) is 14.4 Å². The lowest BCUT2D eigenvalue weighted by atomic mass is 10.2. The van der Waals surface area contributed by atoms with Crippen molar-refractivity contribution in [1.82, 2.24) is 9.80 Å². The molecule has 1 atom stereocenters. The molecule has 0 aromatic rings. The van der Waals surface area contributed by atoms with Gasteiger partial charge in [-0.2, -0.15) is 5.26 Å². The van der Waals surface area contributed by atoms with Crippen LogP contribution < -0.4 is 0 Å². The zero-order chi connectivity index (χ0) is 16.0. The highest BCUT2D eigenvalue weighted by molar-refractivity contribution is 6.04. The molecule has 0 aromatic carbocycles. The molecule has 0 bridgehead atoms. The fraction of sp³-hybridized carbons (Fsp3) is 0.571. The van der Waals surface area contributed by atoms with E-state index >= 15 is 0 Å². The van der Waals surface area contributed by atoms with Crippen molar-refractivity contribution < 1.29 is 19.1 Å². The minimum absolute atomic E-state index is 0.339. The van der Waals surface area contributed by atoms with Crippen LogP contribution >= 0.6 is 0 Å². The van der Waals surface area contributed by atoms with E-state index in [0.29, 0.717) is 18.5 Å². The first-order valence-electron chi connectivity index (χ1n) is 6.68. The minimum Gasteiger partial charge on any atom is -0.452 e. The van der Waals surface area contributed by atoms with Gasteiger partial charge in [-0.05, 0) is 26.7 Å². The van der Waals surface area contributed by atoms with Crippen molar-refractivity contribution >= 4 is 17.9 Å². The number of imide groups is 1. The summed E-state index contributed by atoms with van der Waals surface area (Å²) in [5, 5.41) is 8.99. The Morgan fingerprint density at radius 1 is 1.48 bits per heavy atom. The van der Waals surface area contributed by atoms with Gasteiger partial charge in [0.1, 0.15) is 12.6 Å². The highest BCUT2D eigenvalue weighted by Crippen LogP contribution is 2.17. The predicted octanol–water partition coefficient (Wildman–Crippen LogP) is 1.06. The summed E-state index contributed by atoms with van der Waals surface area (Å²) in [5.41, 5.74) is 0.339. The maximum atomic E-state index is 12.2. The molecule has 1 aliphatic heterocycles. The SMILES string of the molecule is C/C=C(\C)C(=O)N(CC(=O)N1CCC[C@H]1C#N)C(=O)OC. The van der Waals surface area contributed by atoms with Crippen LogP contribution in [0.2, 0.25) is 0 Å². The van der Waals surface area contributed by atoms with Crippen LogP contribution in [-0.2, 0) is 14.3 Å². The molecule has 1 rings (SSSR count). The number of hydrogen-bond donors (Lipinski definition) is 0. The summed E-state index contributed by atoms with van der Waals surface area (Å²) in [7, 11) is 1.14. The Morgan fingerprint density at radius 2 is 2.14 bits per heavy atom. The smallest absolute Gasteiger partial charge is 0.416 e. The maximum Gasteiger partial charge on any atom is 0.416 e. The summed E-state index contributed by atoms with van der Waals surface area (Å²) >= 11 is 0. The number of methoxy groups -OCH3 is 1. The number of allylic oxidation sites excluding steroid dienone is 1. The number of amides is 3. The zero-order valence-corrected chi connectivity index (χ0v) is 12.5. The molecule has 114 valence electrons. The van der Waals surface area contributed by atoms with E-state index in [1.165, 1.54) is 4.90 Å². The van der Waals surface area contributed by atoms with Gasteiger partial charge in [0.05, 0.1) is 13.2 Å². The van der Waals surface area contributed by atoms with Gasteiger partial charge in [0.25, 0.3) is 5.91 Å². The molecule has 0 spiro atoms. The van der Waals surface area contributed by atoms with Gasteiger partial charge >= 0.3 is 6.09 Å². The zero-order valence-electron chi connectivity index (χ0n) is 12.5. The summed E-state index contributed by atoms with van der Waals surface area (Å²) in [4.78, 5) is 38.2. The largest absolute Gasteiger partial charge is 0.452 e. The standard InChI is InChI=1S/C14H19N3O4/c1-4-10(2)13(19)17(14(20)21-3)9-12(18)16-7-5-6-11(16)8-15/h4,11H,5-7,9H2,1-3H3/b10-4+/t11-/m0/s1. The molecular weight excluding hydrogens is 274 g/mol. The van der Waals surface area contributed by atoms with Crippen molar-refractivity contribution in [1.29, 1.82) is 5.26 Å². The first kappa shape index (κ1) is 16.7. The van der Waals surface area contributed by atoms with Gasteiger partial charge in [-0.15, -0.1) is 0 Å². The molecule has 1 saturated heterocycles. The third-order valence-corrected chi connectivity index (χ3v) is 3.43. The Morgan fingerprint density at radius 3 is 2.67 bits per heavy atom. The molecule has 3 amide bonds. The molecule has 1 aliphatic rings. The van der Waals surface area contributed by atoms with Crippen molar-refractivity contribution in [3.05, 3.63) is 11.6 Å². The normalized spacial score (nSPS) is 18.1. The lowest BCUT2D eigenvalue weighted by Gasteiger charge is -2.24. The van der Waals surface area contributed by atoms with Gasteiger partial charge in [0, 0.05) is 12.1 Å². The Balaban J connectivity index is 2.87. The number of carbonyl (C=O) groups is 3. The minimum atomic E-state index is -0.887. The van der Waals surface area contributed by atoms with Gasteiger partial charge in [0.2, 0.25) is 5.91 Å². The topological polar surface area (TPSA) is 90.7 Å². The van der Waals surface area contributed by atoms with Gasteiger partial charge < -0.3 is 9.64 Å². The van der Waals surface area contributed by atoms with Crippen LogP contribution in [0.5, 0.6) is 0 Å². The van der Waals surface area contributed by atoms with Gasteiger partial charge in [-0.1, -0.05) is 6.08 Å². The van der Waals surface area contributed by atoms with Crippen molar-refractivity contribution in [3.8, 4) is 6.07 Å². The first-order valence-corrected chi connectivity index (χ1v) is 6.68.